The number of amides is 1. The van der Waals surface area contributed by atoms with E-state index < -0.39 is 37.3 Å². The second-order valence-corrected chi connectivity index (χ2v) is 7.38. The van der Waals surface area contributed by atoms with Gasteiger partial charge < -0.3 is 35.2 Å². The molecule has 164 valence electrons. The normalized spacial score (nSPS) is 28.7. The van der Waals surface area contributed by atoms with Crippen molar-refractivity contribution in [1.29, 1.82) is 0 Å². The number of rotatable bonds is 13. The maximum Gasteiger partial charge on any atom is 0.219 e. The van der Waals surface area contributed by atoms with Gasteiger partial charge in [-0.2, -0.15) is 0 Å². The zero-order chi connectivity index (χ0) is 21.1. The van der Waals surface area contributed by atoms with Gasteiger partial charge in [0.2, 0.25) is 5.91 Å². The molecule has 1 amide bonds. The lowest BCUT2D eigenvalue weighted by molar-refractivity contribution is -0.301. The first-order valence-corrected chi connectivity index (χ1v) is 9.97. The predicted octanol–water partition coefficient (Wildman–Crippen LogP) is -0.515. The van der Waals surface area contributed by atoms with Crippen molar-refractivity contribution in [3.05, 3.63) is 0 Å². The van der Waals surface area contributed by atoms with Crippen molar-refractivity contribution in [3.63, 3.8) is 0 Å². The largest absolute Gasteiger partial charge is 0.394 e. The van der Waals surface area contributed by atoms with Crippen LogP contribution in [-0.2, 0) is 19.1 Å². The minimum Gasteiger partial charge on any atom is -0.394 e. The lowest BCUT2D eigenvalue weighted by Crippen LogP contribution is -2.59. The summed E-state index contributed by atoms with van der Waals surface area (Å²) in [7, 11) is 0. The van der Waals surface area contributed by atoms with Gasteiger partial charge in [-0.15, -0.1) is 0 Å². The molecule has 6 unspecified atom stereocenters. The molecule has 1 aliphatic rings. The Balaban J connectivity index is 2.09. The average molecular weight is 405 g/mol. The van der Waals surface area contributed by atoms with Gasteiger partial charge in [0.15, 0.2) is 6.29 Å². The van der Waals surface area contributed by atoms with Gasteiger partial charge in [-0.1, -0.05) is 13.3 Å². The highest BCUT2D eigenvalue weighted by Crippen LogP contribution is 2.22. The molecule has 1 aliphatic heterocycles. The molecule has 1 saturated heterocycles. The van der Waals surface area contributed by atoms with E-state index in [1.807, 2.05) is 6.92 Å². The Hall–Kier alpha value is -1.10. The van der Waals surface area contributed by atoms with Crippen LogP contribution in [0, 0.1) is 5.92 Å². The lowest BCUT2D eigenvalue weighted by Gasteiger charge is -2.39. The van der Waals surface area contributed by atoms with Crippen molar-refractivity contribution >= 4 is 11.7 Å². The van der Waals surface area contributed by atoms with Crippen LogP contribution >= 0.6 is 0 Å². The Kier molecular flexibility index (Phi) is 11.7. The van der Waals surface area contributed by atoms with E-state index in [0.717, 1.165) is 19.3 Å². The van der Waals surface area contributed by atoms with E-state index in [0.29, 0.717) is 25.8 Å². The van der Waals surface area contributed by atoms with E-state index in [9.17, 15) is 24.9 Å². The summed E-state index contributed by atoms with van der Waals surface area (Å²) in [6, 6.07) is 0. The van der Waals surface area contributed by atoms with E-state index in [4.69, 9.17) is 14.6 Å². The van der Waals surface area contributed by atoms with Crippen molar-refractivity contribution in [2.24, 2.45) is 5.92 Å². The number of aliphatic hydroxyl groups is 4. The molecule has 1 heterocycles. The number of carbonyl (C=O) groups excluding carboxylic acids is 2. The predicted molar refractivity (Wildman–Crippen MR) is 100 cm³/mol. The molecule has 0 aromatic carbocycles. The van der Waals surface area contributed by atoms with E-state index in [-0.39, 0.29) is 24.2 Å². The van der Waals surface area contributed by atoms with Crippen LogP contribution in [0.5, 0.6) is 0 Å². The van der Waals surface area contributed by atoms with Gasteiger partial charge in [-0.05, 0) is 32.6 Å². The molecule has 9 heteroatoms. The minimum absolute atomic E-state index is 0.0487. The fourth-order valence-electron chi connectivity index (χ4n) is 2.89. The third-order valence-corrected chi connectivity index (χ3v) is 5.01. The molecule has 0 radical (unpaired) electrons. The highest BCUT2D eigenvalue weighted by molar-refractivity contribution is 5.77. The molecule has 1 fully saturated rings. The molecule has 9 nitrogen and oxygen atoms in total. The fourth-order valence-corrected chi connectivity index (χ4v) is 2.89. The molecule has 5 N–H and O–H groups in total. The summed E-state index contributed by atoms with van der Waals surface area (Å²) in [5, 5.41) is 41.2. The second-order valence-electron chi connectivity index (χ2n) is 7.38. The first kappa shape index (κ1) is 24.9. The topological polar surface area (TPSA) is 146 Å². The molecule has 0 bridgehead atoms. The maximum absolute atomic E-state index is 11.8. The third kappa shape index (κ3) is 8.50. The summed E-state index contributed by atoms with van der Waals surface area (Å²) in [6.45, 7) is 3.79. The van der Waals surface area contributed by atoms with Crippen LogP contribution < -0.4 is 5.32 Å². The second kappa shape index (κ2) is 13.2. The molecular weight excluding hydrogens is 370 g/mol. The molecule has 0 aromatic heterocycles. The van der Waals surface area contributed by atoms with Crippen molar-refractivity contribution in [2.75, 3.05) is 19.8 Å². The molecule has 1 rings (SSSR count). The Morgan fingerprint density at radius 1 is 1.07 bits per heavy atom. The smallest absolute Gasteiger partial charge is 0.219 e. The Morgan fingerprint density at radius 2 is 1.79 bits per heavy atom. The Bertz CT molecular complexity index is 473. The summed E-state index contributed by atoms with van der Waals surface area (Å²) in [4.78, 5) is 22.9. The van der Waals surface area contributed by atoms with Gasteiger partial charge >= 0.3 is 0 Å². The monoisotopic (exact) mass is 405 g/mol. The van der Waals surface area contributed by atoms with E-state index in [2.05, 4.69) is 5.32 Å². The molecular formula is C19H35NO8. The summed E-state index contributed by atoms with van der Waals surface area (Å²) in [6.07, 6.45) is -2.35. The summed E-state index contributed by atoms with van der Waals surface area (Å²) in [5.74, 6) is 0.210. The molecule has 0 aliphatic carbocycles. The number of nitrogens with one attached hydrogen (secondary N) is 1. The first-order valence-electron chi connectivity index (χ1n) is 9.97. The zero-order valence-corrected chi connectivity index (χ0v) is 16.7. The van der Waals surface area contributed by atoms with E-state index in [1.54, 1.807) is 6.92 Å². The van der Waals surface area contributed by atoms with Crippen LogP contribution in [0.4, 0.5) is 0 Å². The number of hydrogen-bond acceptors (Lipinski definition) is 8. The number of hydrogen-bond donors (Lipinski definition) is 5. The number of Topliss-reactive ketones (excluding diaryl/α,β-unsaturated/α-hetero) is 1. The van der Waals surface area contributed by atoms with Crippen LogP contribution in [0.15, 0.2) is 0 Å². The zero-order valence-electron chi connectivity index (χ0n) is 16.7. The number of ether oxygens (including phenoxy) is 2. The van der Waals surface area contributed by atoms with Gasteiger partial charge in [0.25, 0.3) is 0 Å². The standard InChI is InChI=1S/C19H35NO8/c1-12(13(2)22)7-3-5-9-20-15(23)8-4-6-10-27-19-18(26)17(25)16(24)14(11-21)28-19/h12,14,16-19,21,24-26H,3-11H2,1-2H3,(H,20,23). The Morgan fingerprint density at radius 3 is 2.43 bits per heavy atom. The summed E-state index contributed by atoms with van der Waals surface area (Å²) in [5.41, 5.74) is 0. The number of unbranched alkanes of at least 4 members (excludes halogenated alkanes) is 2. The molecule has 0 saturated carbocycles. The Labute approximate surface area is 166 Å². The number of ketones is 1. The lowest BCUT2D eigenvalue weighted by atomic mass is 9.99. The van der Waals surface area contributed by atoms with Crippen LogP contribution in [-0.4, -0.2) is 82.6 Å². The van der Waals surface area contributed by atoms with Crippen LogP contribution in [0.25, 0.3) is 0 Å². The molecule has 6 atom stereocenters. The highest BCUT2D eigenvalue weighted by atomic mass is 16.7. The highest BCUT2D eigenvalue weighted by Gasteiger charge is 2.43. The van der Waals surface area contributed by atoms with Crippen molar-refractivity contribution < 1.29 is 39.5 Å². The van der Waals surface area contributed by atoms with Gasteiger partial charge in [-0.3, -0.25) is 9.59 Å². The van der Waals surface area contributed by atoms with Crippen molar-refractivity contribution in [3.8, 4) is 0 Å². The van der Waals surface area contributed by atoms with Crippen LogP contribution in [0.2, 0.25) is 0 Å². The van der Waals surface area contributed by atoms with Gasteiger partial charge in [0.1, 0.15) is 30.2 Å². The van der Waals surface area contributed by atoms with Crippen LogP contribution in [0.1, 0.15) is 52.4 Å². The van der Waals surface area contributed by atoms with Gasteiger partial charge in [0, 0.05) is 25.5 Å². The molecule has 0 aromatic rings. The quantitative estimate of drug-likeness (QED) is 0.258. The van der Waals surface area contributed by atoms with E-state index in [1.165, 1.54) is 0 Å². The van der Waals surface area contributed by atoms with Crippen LogP contribution in [0.3, 0.4) is 0 Å². The summed E-state index contributed by atoms with van der Waals surface area (Å²) < 4.78 is 10.6. The number of carbonyl (C=O) groups is 2. The SMILES string of the molecule is CC(=O)C(C)CCCCNC(=O)CCCCOC1OC(CO)C(O)C(O)C1O. The minimum atomic E-state index is -1.46. The van der Waals surface area contributed by atoms with Crippen molar-refractivity contribution in [1.82, 2.24) is 5.32 Å². The number of aliphatic hydroxyl groups excluding tert-OH is 4. The van der Waals surface area contributed by atoms with Crippen molar-refractivity contribution in [2.45, 2.75) is 83.1 Å². The van der Waals surface area contributed by atoms with Gasteiger partial charge in [-0.25, -0.2) is 0 Å². The van der Waals surface area contributed by atoms with E-state index >= 15 is 0 Å². The maximum atomic E-state index is 11.8. The fraction of sp³-hybridized carbons (Fsp3) is 0.895. The van der Waals surface area contributed by atoms with Gasteiger partial charge in [0.05, 0.1) is 6.61 Å². The first-order chi connectivity index (χ1) is 13.3. The average Bonchev–Trinajstić information content (AvgIpc) is 2.66. The third-order valence-electron chi connectivity index (χ3n) is 5.01. The molecule has 28 heavy (non-hydrogen) atoms. The summed E-state index contributed by atoms with van der Waals surface area (Å²) >= 11 is 0. The molecule has 0 spiro atoms.